The fraction of sp³-hybridized carbons (Fsp3) is 0.611. The summed E-state index contributed by atoms with van der Waals surface area (Å²) in [5, 5.41) is 10.9. The van der Waals surface area contributed by atoms with Crippen molar-refractivity contribution < 1.29 is 9.90 Å². The Hall–Kier alpha value is -1.55. The minimum Gasteiger partial charge on any atom is -0.371 e. The first-order valence-corrected chi connectivity index (χ1v) is 8.10. The van der Waals surface area contributed by atoms with Crippen LogP contribution in [0.2, 0.25) is 0 Å². The van der Waals surface area contributed by atoms with E-state index in [1.165, 1.54) is 0 Å². The molecule has 1 aromatic rings. The van der Waals surface area contributed by atoms with Crippen molar-refractivity contribution in [3.05, 3.63) is 29.8 Å². The van der Waals surface area contributed by atoms with Crippen LogP contribution in [-0.2, 0) is 0 Å². The number of benzene rings is 1. The summed E-state index contributed by atoms with van der Waals surface area (Å²) in [5.74, 6) is 0. The maximum Gasteiger partial charge on any atom is 0.327 e. The van der Waals surface area contributed by atoms with Crippen LogP contribution in [0.4, 0.5) is 10.5 Å². The molecule has 1 aliphatic rings. The molecule has 22 heavy (non-hydrogen) atoms. The molecule has 1 atom stereocenters. The molecule has 0 spiro atoms. The SMILES string of the molecule is CCCCN1C(=O)N(c2cccc(C)c2)[C@@](C)(O)CC1(C)C. The quantitative estimate of drug-likeness (QED) is 0.916. The minimum absolute atomic E-state index is 0.111. The Kier molecular flexibility index (Phi) is 4.52. The second kappa shape index (κ2) is 5.92. The minimum atomic E-state index is -1.18. The van der Waals surface area contributed by atoms with E-state index in [0.29, 0.717) is 6.42 Å². The van der Waals surface area contributed by atoms with Gasteiger partial charge in [-0.1, -0.05) is 25.5 Å². The van der Waals surface area contributed by atoms with Gasteiger partial charge in [0, 0.05) is 24.2 Å². The number of carbonyl (C=O) groups is 1. The average Bonchev–Trinajstić information content (AvgIpc) is 2.36. The second-order valence-electron chi connectivity index (χ2n) is 7.17. The van der Waals surface area contributed by atoms with Crippen molar-refractivity contribution in [1.82, 2.24) is 4.90 Å². The molecule has 1 aliphatic heterocycles. The van der Waals surface area contributed by atoms with Gasteiger partial charge in [0.2, 0.25) is 0 Å². The first kappa shape index (κ1) is 16.8. The summed E-state index contributed by atoms with van der Waals surface area (Å²) in [4.78, 5) is 16.5. The predicted octanol–water partition coefficient (Wildman–Crippen LogP) is 3.91. The van der Waals surface area contributed by atoms with Crippen LogP contribution in [0.25, 0.3) is 0 Å². The largest absolute Gasteiger partial charge is 0.371 e. The summed E-state index contributed by atoms with van der Waals surface area (Å²) in [6, 6.07) is 7.63. The van der Waals surface area contributed by atoms with E-state index in [-0.39, 0.29) is 11.6 Å². The first-order chi connectivity index (χ1) is 10.2. The molecule has 1 heterocycles. The van der Waals surface area contributed by atoms with Gasteiger partial charge in [0.05, 0.1) is 0 Å². The molecule has 1 aromatic carbocycles. The van der Waals surface area contributed by atoms with Crippen molar-refractivity contribution in [2.45, 2.75) is 65.1 Å². The van der Waals surface area contributed by atoms with Crippen LogP contribution in [0.3, 0.4) is 0 Å². The Morgan fingerprint density at radius 1 is 1.27 bits per heavy atom. The third-order valence-electron chi connectivity index (χ3n) is 4.40. The molecule has 0 radical (unpaired) electrons. The third kappa shape index (κ3) is 3.12. The van der Waals surface area contributed by atoms with Crippen LogP contribution in [-0.4, -0.2) is 33.8 Å². The van der Waals surface area contributed by atoms with Gasteiger partial charge in [-0.05, 0) is 51.8 Å². The molecule has 0 bridgehead atoms. The molecule has 122 valence electrons. The number of urea groups is 1. The van der Waals surface area contributed by atoms with Gasteiger partial charge < -0.3 is 10.0 Å². The number of nitrogens with zero attached hydrogens (tertiary/aromatic N) is 2. The smallest absolute Gasteiger partial charge is 0.327 e. The van der Waals surface area contributed by atoms with Gasteiger partial charge in [-0.3, -0.25) is 4.90 Å². The number of amides is 2. The zero-order valence-electron chi connectivity index (χ0n) is 14.4. The van der Waals surface area contributed by atoms with Crippen LogP contribution in [0.5, 0.6) is 0 Å². The van der Waals surface area contributed by atoms with E-state index in [4.69, 9.17) is 0 Å². The molecule has 0 unspecified atom stereocenters. The highest BCUT2D eigenvalue weighted by Crippen LogP contribution is 2.39. The Morgan fingerprint density at radius 2 is 1.95 bits per heavy atom. The Balaban J connectivity index is 2.41. The van der Waals surface area contributed by atoms with Gasteiger partial charge in [0.25, 0.3) is 0 Å². The fourth-order valence-electron chi connectivity index (χ4n) is 3.45. The van der Waals surface area contributed by atoms with E-state index >= 15 is 0 Å². The molecule has 0 aromatic heterocycles. The predicted molar refractivity (Wildman–Crippen MR) is 90.0 cm³/mol. The number of aryl methyl sites for hydroxylation is 1. The lowest BCUT2D eigenvalue weighted by Crippen LogP contribution is -2.68. The molecule has 4 heteroatoms. The topological polar surface area (TPSA) is 43.8 Å². The Bertz CT molecular complexity index is 552. The maximum atomic E-state index is 13.1. The molecule has 2 rings (SSSR count). The monoisotopic (exact) mass is 304 g/mol. The van der Waals surface area contributed by atoms with Crippen LogP contribution in [0.15, 0.2) is 24.3 Å². The van der Waals surface area contributed by atoms with Gasteiger partial charge in [-0.15, -0.1) is 0 Å². The molecule has 0 saturated carbocycles. The van der Waals surface area contributed by atoms with Crippen molar-refractivity contribution in [3.63, 3.8) is 0 Å². The molecule has 0 aliphatic carbocycles. The van der Waals surface area contributed by atoms with Crippen molar-refractivity contribution in [3.8, 4) is 0 Å². The van der Waals surface area contributed by atoms with Gasteiger partial charge in [0.15, 0.2) is 0 Å². The van der Waals surface area contributed by atoms with Gasteiger partial charge >= 0.3 is 6.03 Å². The summed E-state index contributed by atoms with van der Waals surface area (Å²) in [7, 11) is 0. The van der Waals surface area contributed by atoms with Crippen molar-refractivity contribution in [1.29, 1.82) is 0 Å². The highest BCUT2D eigenvalue weighted by Gasteiger charge is 2.50. The summed E-state index contributed by atoms with van der Waals surface area (Å²) in [6.07, 6.45) is 2.53. The lowest BCUT2D eigenvalue weighted by molar-refractivity contribution is -0.0255. The normalized spacial score (nSPS) is 24.7. The van der Waals surface area contributed by atoms with E-state index in [1.807, 2.05) is 49.9 Å². The number of anilines is 1. The van der Waals surface area contributed by atoms with E-state index in [2.05, 4.69) is 6.92 Å². The third-order valence-corrected chi connectivity index (χ3v) is 4.40. The lowest BCUT2D eigenvalue weighted by Gasteiger charge is -2.53. The Morgan fingerprint density at radius 3 is 2.55 bits per heavy atom. The molecule has 1 fully saturated rings. The van der Waals surface area contributed by atoms with Crippen LogP contribution < -0.4 is 4.90 Å². The molecular formula is C18H28N2O2. The number of hydrogen-bond donors (Lipinski definition) is 1. The average molecular weight is 304 g/mol. The van der Waals surface area contributed by atoms with E-state index in [1.54, 1.807) is 11.8 Å². The highest BCUT2D eigenvalue weighted by molar-refractivity contribution is 5.94. The zero-order valence-corrected chi connectivity index (χ0v) is 14.4. The van der Waals surface area contributed by atoms with Gasteiger partial charge in [0.1, 0.15) is 5.72 Å². The Labute approximate surface area is 133 Å². The summed E-state index contributed by atoms with van der Waals surface area (Å²) < 4.78 is 0. The van der Waals surface area contributed by atoms with Crippen LogP contribution >= 0.6 is 0 Å². The highest BCUT2D eigenvalue weighted by atomic mass is 16.3. The fourth-order valence-corrected chi connectivity index (χ4v) is 3.45. The molecular weight excluding hydrogens is 276 g/mol. The maximum absolute atomic E-state index is 13.1. The zero-order chi connectivity index (χ0) is 16.5. The molecule has 1 N–H and O–H groups in total. The number of carbonyl (C=O) groups excluding carboxylic acids is 1. The second-order valence-corrected chi connectivity index (χ2v) is 7.17. The van der Waals surface area contributed by atoms with E-state index < -0.39 is 5.72 Å². The lowest BCUT2D eigenvalue weighted by atomic mass is 9.87. The van der Waals surface area contributed by atoms with Crippen LogP contribution in [0.1, 0.15) is 52.5 Å². The standard InChI is InChI=1S/C18H28N2O2/c1-6-7-11-19-16(21)20(15-10-8-9-14(2)12-15)18(5,22)13-17(19,3)4/h8-10,12,22H,6-7,11,13H2,1-5H3/t18-/m0/s1. The molecule has 1 saturated heterocycles. The van der Waals surface area contributed by atoms with Crippen molar-refractivity contribution in [2.75, 3.05) is 11.4 Å². The molecule has 2 amide bonds. The number of hydrogen-bond acceptors (Lipinski definition) is 2. The number of unbranched alkanes of at least 4 members (excludes halogenated alkanes) is 1. The van der Waals surface area contributed by atoms with Gasteiger partial charge in [-0.25, -0.2) is 4.79 Å². The number of rotatable bonds is 4. The summed E-state index contributed by atoms with van der Waals surface area (Å²) >= 11 is 0. The molecule has 4 nitrogen and oxygen atoms in total. The van der Waals surface area contributed by atoms with E-state index in [0.717, 1.165) is 30.6 Å². The van der Waals surface area contributed by atoms with Gasteiger partial charge in [-0.2, -0.15) is 0 Å². The number of aliphatic hydroxyl groups is 1. The summed E-state index contributed by atoms with van der Waals surface area (Å²) in [6.45, 7) is 10.6. The first-order valence-electron chi connectivity index (χ1n) is 8.10. The van der Waals surface area contributed by atoms with Crippen molar-refractivity contribution in [2.24, 2.45) is 0 Å². The summed E-state index contributed by atoms with van der Waals surface area (Å²) in [5.41, 5.74) is 0.297. The van der Waals surface area contributed by atoms with E-state index in [9.17, 15) is 9.90 Å². The van der Waals surface area contributed by atoms with Crippen LogP contribution in [0, 0.1) is 6.92 Å². The van der Waals surface area contributed by atoms with Crippen molar-refractivity contribution >= 4 is 11.7 Å².